The molecule has 2 rings (SSSR count). The average Bonchev–Trinajstić information content (AvgIpc) is 2.15. The Balaban J connectivity index is 2.44. The third kappa shape index (κ3) is 2.05. The molecule has 0 aliphatic carbocycles. The molecule has 1 atom stereocenters. The third-order valence-electron chi connectivity index (χ3n) is 2.79. The first-order valence-corrected chi connectivity index (χ1v) is 5.35. The summed E-state index contributed by atoms with van der Waals surface area (Å²) in [5, 5.41) is 0. The van der Waals surface area contributed by atoms with E-state index in [0.717, 1.165) is 6.42 Å². The van der Waals surface area contributed by atoms with Gasteiger partial charge in [0, 0.05) is 12.0 Å². The molecule has 4 heteroatoms. The van der Waals surface area contributed by atoms with Crippen LogP contribution >= 0.6 is 0 Å². The maximum Gasteiger partial charge on any atom is 0.131 e. The van der Waals surface area contributed by atoms with Crippen molar-refractivity contribution in [3.63, 3.8) is 0 Å². The van der Waals surface area contributed by atoms with Crippen molar-refractivity contribution >= 4 is 5.84 Å². The number of nitrogens with two attached hydrogens (primary N) is 1. The Bertz CT molecular complexity index is 418. The molecule has 0 fully saturated rings. The van der Waals surface area contributed by atoms with E-state index >= 15 is 0 Å². The summed E-state index contributed by atoms with van der Waals surface area (Å²) in [7, 11) is 0. The van der Waals surface area contributed by atoms with E-state index < -0.39 is 17.7 Å². The van der Waals surface area contributed by atoms with Crippen molar-refractivity contribution in [3.05, 3.63) is 34.9 Å². The minimum absolute atomic E-state index is 0.0493. The van der Waals surface area contributed by atoms with Gasteiger partial charge in [-0.25, -0.2) is 8.78 Å². The minimum atomic E-state index is -0.527. The molecule has 0 saturated heterocycles. The number of hydrogen-bond donors (Lipinski definition) is 1. The van der Waals surface area contributed by atoms with Gasteiger partial charge in [0.1, 0.15) is 11.6 Å². The van der Waals surface area contributed by atoms with E-state index in [9.17, 15) is 8.78 Å². The first kappa shape index (κ1) is 11.0. The molecule has 16 heavy (non-hydrogen) atoms. The van der Waals surface area contributed by atoms with E-state index in [1.807, 2.05) is 0 Å². The van der Waals surface area contributed by atoms with Crippen LogP contribution in [-0.2, 0) is 0 Å². The van der Waals surface area contributed by atoms with Gasteiger partial charge in [0.15, 0.2) is 0 Å². The van der Waals surface area contributed by atoms with Gasteiger partial charge in [0.2, 0.25) is 0 Å². The Kier molecular flexibility index (Phi) is 2.90. The number of aliphatic imine (C=N–C) groups is 1. The molecule has 1 unspecified atom stereocenters. The van der Waals surface area contributed by atoms with E-state index in [0.29, 0.717) is 24.2 Å². The predicted octanol–water partition coefficient (Wildman–Crippen LogP) is 2.86. The van der Waals surface area contributed by atoms with E-state index in [4.69, 9.17) is 5.73 Å². The van der Waals surface area contributed by atoms with Gasteiger partial charge in [0.25, 0.3) is 0 Å². The molecule has 0 spiro atoms. The lowest BCUT2D eigenvalue weighted by Crippen LogP contribution is -2.19. The maximum absolute atomic E-state index is 13.7. The number of nitrogens with zero attached hydrogens (tertiary/aromatic N) is 1. The molecule has 1 aliphatic heterocycles. The number of hydrogen-bond acceptors (Lipinski definition) is 2. The molecule has 2 N–H and O–H groups in total. The molecule has 0 radical (unpaired) electrons. The van der Waals surface area contributed by atoms with Gasteiger partial charge in [-0.15, -0.1) is 0 Å². The molecule has 2 nitrogen and oxygen atoms in total. The van der Waals surface area contributed by atoms with Crippen LogP contribution in [0.3, 0.4) is 0 Å². The fourth-order valence-electron chi connectivity index (χ4n) is 2.04. The van der Waals surface area contributed by atoms with Gasteiger partial charge in [-0.05, 0) is 37.5 Å². The van der Waals surface area contributed by atoms with Gasteiger partial charge >= 0.3 is 0 Å². The number of rotatable bonds is 1. The lowest BCUT2D eigenvalue weighted by atomic mass is 9.96. The topological polar surface area (TPSA) is 38.4 Å². The van der Waals surface area contributed by atoms with Crippen molar-refractivity contribution in [2.45, 2.75) is 32.2 Å². The van der Waals surface area contributed by atoms with Crippen molar-refractivity contribution in [1.29, 1.82) is 0 Å². The van der Waals surface area contributed by atoms with Crippen molar-refractivity contribution in [2.75, 3.05) is 0 Å². The van der Waals surface area contributed by atoms with Crippen LogP contribution in [0.5, 0.6) is 0 Å². The summed E-state index contributed by atoms with van der Waals surface area (Å²) in [6.07, 6.45) is 2.19. The maximum atomic E-state index is 13.7. The van der Waals surface area contributed by atoms with Gasteiger partial charge in [0.05, 0.1) is 11.9 Å². The molecular weight excluding hydrogens is 210 g/mol. The number of amidine groups is 1. The van der Waals surface area contributed by atoms with Crippen molar-refractivity contribution in [1.82, 2.24) is 0 Å². The van der Waals surface area contributed by atoms with Gasteiger partial charge in [-0.2, -0.15) is 0 Å². The fourth-order valence-corrected chi connectivity index (χ4v) is 2.04. The molecule has 0 bridgehead atoms. The molecule has 1 aromatic rings. The van der Waals surface area contributed by atoms with Crippen LogP contribution in [0.1, 0.15) is 36.4 Å². The lowest BCUT2D eigenvalue weighted by molar-refractivity contribution is 0.497. The number of halogens is 2. The summed E-state index contributed by atoms with van der Waals surface area (Å²) in [5.74, 6) is -0.572. The molecule has 0 aromatic heterocycles. The Morgan fingerprint density at radius 2 is 1.94 bits per heavy atom. The normalized spacial score (nSPS) is 20.7. The monoisotopic (exact) mass is 224 g/mol. The molecule has 0 saturated carbocycles. The SMILES string of the molecule is Cc1cc(F)c(C2CCCC(N)=N2)c(F)c1. The summed E-state index contributed by atoms with van der Waals surface area (Å²) in [6.45, 7) is 1.66. The highest BCUT2D eigenvalue weighted by Gasteiger charge is 2.22. The Hall–Kier alpha value is -1.45. The van der Waals surface area contributed by atoms with E-state index in [-0.39, 0.29) is 5.56 Å². The van der Waals surface area contributed by atoms with Crippen molar-refractivity contribution in [3.8, 4) is 0 Å². The largest absolute Gasteiger partial charge is 0.387 e. The van der Waals surface area contributed by atoms with Gasteiger partial charge < -0.3 is 5.73 Å². The van der Waals surface area contributed by atoms with E-state index in [1.54, 1.807) is 6.92 Å². The smallest absolute Gasteiger partial charge is 0.131 e. The zero-order valence-corrected chi connectivity index (χ0v) is 9.13. The standard InChI is InChI=1S/C12H14F2N2/c1-7-5-8(13)12(9(14)6-7)10-3-2-4-11(15)16-10/h5-6,10H,2-4H2,1H3,(H2,15,16). The van der Waals surface area contributed by atoms with Crippen LogP contribution in [0.2, 0.25) is 0 Å². The van der Waals surface area contributed by atoms with E-state index in [1.165, 1.54) is 12.1 Å². The lowest BCUT2D eigenvalue weighted by Gasteiger charge is -2.20. The van der Waals surface area contributed by atoms with Crippen LogP contribution in [0.4, 0.5) is 8.78 Å². The van der Waals surface area contributed by atoms with Crippen LogP contribution in [0.15, 0.2) is 17.1 Å². The predicted molar refractivity (Wildman–Crippen MR) is 59.3 cm³/mol. The number of aryl methyl sites for hydroxylation is 1. The molecule has 0 amide bonds. The van der Waals surface area contributed by atoms with Gasteiger partial charge in [-0.3, -0.25) is 4.99 Å². The zero-order chi connectivity index (χ0) is 11.7. The summed E-state index contributed by atoms with van der Waals surface area (Å²) < 4.78 is 27.3. The summed E-state index contributed by atoms with van der Waals surface area (Å²) in [6, 6.07) is 2.20. The van der Waals surface area contributed by atoms with Crippen LogP contribution in [0.25, 0.3) is 0 Å². The Labute approximate surface area is 93.2 Å². The Morgan fingerprint density at radius 1 is 1.31 bits per heavy atom. The average molecular weight is 224 g/mol. The molecule has 1 heterocycles. The van der Waals surface area contributed by atoms with E-state index in [2.05, 4.69) is 4.99 Å². The summed E-state index contributed by atoms with van der Waals surface area (Å²) in [5.41, 5.74) is 6.22. The second-order valence-electron chi connectivity index (χ2n) is 4.17. The van der Waals surface area contributed by atoms with Gasteiger partial charge in [-0.1, -0.05) is 0 Å². The third-order valence-corrected chi connectivity index (χ3v) is 2.79. The second-order valence-corrected chi connectivity index (χ2v) is 4.17. The zero-order valence-electron chi connectivity index (χ0n) is 9.13. The highest BCUT2D eigenvalue weighted by Crippen LogP contribution is 2.31. The van der Waals surface area contributed by atoms with Crippen LogP contribution in [-0.4, -0.2) is 5.84 Å². The molecule has 86 valence electrons. The number of benzene rings is 1. The van der Waals surface area contributed by atoms with Crippen molar-refractivity contribution in [2.24, 2.45) is 10.7 Å². The molecule has 1 aliphatic rings. The Morgan fingerprint density at radius 3 is 2.50 bits per heavy atom. The first-order valence-electron chi connectivity index (χ1n) is 5.35. The molecular formula is C12H14F2N2. The van der Waals surface area contributed by atoms with Crippen LogP contribution < -0.4 is 5.73 Å². The summed E-state index contributed by atoms with van der Waals surface area (Å²) in [4.78, 5) is 4.12. The van der Waals surface area contributed by atoms with Crippen molar-refractivity contribution < 1.29 is 8.78 Å². The highest BCUT2D eigenvalue weighted by molar-refractivity contribution is 5.81. The quantitative estimate of drug-likeness (QED) is 0.782. The summed E-state index contributed by atoms with van der Waals surface area (Å²) >= 11 is 0. The highest BCUT2D eigenvalue weighted by atomic mass is 19.1. The second kappa shape index (κ2) is 4.20. The minimum Gasteiger partial charge on any atom is -0.387 e. The molecule has 1 aromatic carbocycles. The fraction of sp³-hybridized carbons (Fsp3) is 0.417. The first-order chi connectivity index (χ1) is 7.58. The van der Waals surface area contributed by atoms with Crippen LogP contribution in [0, 0.1) is 18.6 Å².